The van der Waals surface area contributed by atoms with Gasteiger partial charge in [0.1, 0.15) is 0 Å². The highest BCUT2D eigenvalue weighted by Gasteiger charge is 2.51. The molecule has 1 aliphatic carbocycles. The molecule has 0 fully saturated rings. The first-order chi connectivity index (χ1) is 21.1. The van der Waals surface area contributed by atoms with Crippen LogP contribution in [0.25, 0.3) is 0 Å². The van der Waals surface area contributed by atoms with Gasteiger partial charge in [0.15, 0.2) is 0 Å². The predicted octanol–water partition coefficient (Wildman–Crippen LogP) is 6.42. The van der Waals surface area contributed by atoms with Gasteiger partial charge in [0.05, 0.1) is 12.2 Å². The first-order valence-electron chi connectivity index (χ1n) is 15.8. The summed E-state index contributed by atoms with van der Waals surface area (Å²) in [4.78, 5) is 1.43. The number of benzene rings is 4. The Morgan fingerprint density at radius 2 is 0.841 bits per heavy atom. The molecule has 0 aromatic heterocycles. The summed E-state index contributed by atoms with van der Waals surface area (Å²) in [5, 5.41) is 5.29. The minimum absolute atomic E-state index is 0.0408. The van der Waals surface area contributed by atoms with Gasteiger partial charge in [-0.1, -0.05) is 169 Å². The van der Waals surface area contributed by atoms with E-state index >= 15 is 0 Å². The SMILES string of the molecule is CSC1=C[C@@H](C(O[SiH](c2ccccc2)c2ccccc2)C(C)(C)C)[C@@H]1C(O[SiH](c1ccccc1)c1ccccc1)C(C)(C)C. The third kappa shape index (κ3) is 7.57. The lowest BCUT2D eigenvalue weighted by atomic mass is 9.64. The van der Waals surface area contributed by atoms with Gasteiger partial charge < -0.3 is 8.85 Å². The van der Waals surface area contributed by atoms with E-state index in [0.717, 1.165) is 0 Å². The van der Waals surface area contributed by atoms with Gasteiger partial charge >= 0.3 is 0 Å². The van der Waals surface area contributed by atoms with Crippen LogP contribution in [0.5, 0.6) is 0 Å². The average molecular weight is 637 g/mol. The van der Waals surface area contributed by atoms with Crippen molar-refractivity contribution < 1.29 is 8.85 Å². The molecular formula is C39H48O2SSi2. The van der Waals surface area contributed by atoms with Crippen LogP contribution in [0.4, 0.5) is 0 Å². The number of thioether (sulfide) groups is 1. The second-order valence-corrected chi connectivity index (χ2v) is 19.7. The second-order valence-electron chi connectivity index (χ2n) is 14.1. The molecule has 44 heavy (non-hydrogen) atoms. The number of rotatable bonds is 11. The molecule has 0 heterocycles. The van der Waals surface area contributed by atoms with E-state index in [1.165, 1.54) is 25.7 Å². The first kappa shape index (κ1) is 32.7. The van der Waals surface area contributed by atoms with E-state index < -0.39 is 18.1 Å². The van der Waals surface area contributed by atoms with Gasteiger partial charge in [-0.3, -0.25) is 0 Å². The van der Waals surface area contributed by atoms with Crippen molar-refractivity contribution in [2.24, 2.45) is 22.7 Å². The van der Waals surface area contributed by atoms with Crippen LogP contribution in [0.3, 0.4) is 0 Å². The Kier molecular flexibility index (Phi) is 10.5. The van der Waals surface area contributed by atoms with Crippen LogP contribution in [0.15, 0.2) is 132 Å². The van der Waals surface area contributed by atoms with Gasteiger partial charge in [-0.05, 0) is 42.7 Å². The van der Waals surface area contributed by atoms with E-state index in [1.54, 1.807) is 0 Å². The zero-order chi connectivity index (χ0) is 31.3. The zero-order valence-electron chi connectivity index (χ0n) is 27.3. The molecule has 1 aliphatic rings. The summed E-state index contributed by atoms with van der Waals surface area (Å²) >= 11 is 1.88. The molecule has 2 unspecified atom stereocenters. The first-order valence-corrected chi connectivity index (χ1v) is 20.3. The van der Waals surface area contributed by atoms with Crippen LogP contribution < -0.4 is 20.7 Å². The monoisotopic (exact) mass is 636 g/mol. The summed E-state index contributed by atoms with van der Waals surface area (Å²) in [6.45, 7) is 14.1. The normalized spacial score (nSPS) is 18.5. The summed E-state index contributed by atoms with van der Waals surface area (Å²) in [5.74, 6) is 0.517. The summed E-state index contributed by atoms with van der Waals surface area (Å²) in [6, 6.07) is 43.6. The maximum atomic E-state index is 7.53. The van der Waals surface area contributed by atoms with E-state index in [9.17, 15) is 0 Å². The molecule has 4 atom stereocenters. The van der Waals surface area contributed by atoms with Crippen LogP contribution in [0.1, 0.15) is 41.5 Å². The molecule has 0 saturated carbocycles. The van der Waals surface area contributed by atoms with Crippen LogP contribution in [-0.4, -0.2) is 36.5 Å². The predicted molar refractivity (Wildman–Crippen MR) is 196 cm³/mol. The molecule has 0 radical (unpaired) electrons. The van der Waals surface area contributed by atoms with Crippen LogP contribution >= 0.6 is 11.8 Å². The third-order valence-corrected chi connectivity index (χ3v) is 14.7. The lowest BCUT2D eigenvalue weighted by Crippen LogP contribution is -2.58. The second kappa shape index (κ2) is 14.2. The lowest BCUT2D eigenvalue weighted by Gasteiger charge is -2.52. The standard InChI is InChI=1S/C39H48O2SSi2/c1-38(2,3)36(40-43(29-20-12-8-13-21-29)30-22-14-9-15-23-30)33-28-34(42-7)35(33)37(39(4,5)6)41-44(31-24-16-10-17-25-31)32-26-18-11-19-27-32/h8-28,33,35-37,43-44H,1-7H3/t33-,35+,36?,37?/m1/s1. The lowest BCUT2D eigenvalue weighted by molar-refractivity contribution is -0.0315. The van der Waals surface area contributed by atoms with Crippen molar-refractivity contribution in [2.45, 2.75) is 53.8 Å². The molecule has 0 saturated heterocycles. The van der Waals surface area contributed by atoms with E-state index in [1.807, 2.05) is 11.8 Å². The smallest absolute Gasteiger partial charge is 0.240 e. The van der Waals surface area contributed by atoms with Gasteiger partial charge in [0.25, 0.3) is 0 Å². The molecule has 0 N–H and O–H groups in total. The van der Waals surface area contributed by atoms with Crippen molar-refractivity contribution in [3.8, 4) is 0 Å². The van der Waals surface area contributed by atoms with Gasteiger partial charge in [-0.25, -0.2) is 0 Å². The van der Waals surface area contributed by atoms with Crippen LogP contribution in [0.2, 0.25) is 0 Å². The fourth-order valence-electron chi connectivity index (χ4n) is 6.51. The maximum Gasteiger partial charge on any atom is 0.240 e. The van der Waals surface area contributed by atoms with E-state index in [4.69, 9.17) is 8.85 Å². The molecule has 0 bridgehead atoms. The van der Waals surface area contributed by atoms with Gasteiger partial charge in [-0.15, -0.1) is 11.8 Å². The molecule has 0 amide bonds. The van der Waals surface area contributed by atoms with E-state index in [2.05, 4.69) is 175 Å². The van der Waals surface area contributed by atoms with E-state index in [-0.39, 0.29) is 34.9 Å². The zero-order valence-corrected chi connectivity index (χ0v) is 30.4. The Morgan fingerprint density at radius 1 is 0.523 bits per heavy atom. The third-order valence-electron chi connectivity index (χ3n) is 8.69. The summed E-state index contributed by atoms with van der Waals surface area (Å²) in [5.41, 5.74) is -0.124. The van der Waals surface area contributed by atoms with Gasteiger partial charge in [0.2, 0.25) is 18.1 Å². The molecule has 5 rings (SSSR count). The highest BCUT2D eigenvalue weighted by atomic mass is 32.2. The van der Waals surface area contributed by atoms with E-state index in [0.29, 0.717) is 0 Å². The highest BCUT2D eigenvalue weighted by molar-refractivity contribution is 8.02. The average Bonchev–Trinajstić information content (AvgIpc) is 3.01. The summed E-state index contributed by atoms with van der Waals surface area (Å²) < 4.78 is 15.0. The van der Waals surface area contributed by atoms with Crippen molar-refractivity contribution >= 4 is 50.6 Å². The minimum Gasteiger partial charge on any atom is -0.407 e. The Morgan fingerprint density at radius 3 is 1.14 bits per heavy atom. The van der Waals surface area contributed by atoms with Crippen LogP contribution in [0, 0.1) is 22.7 Å². The van der Waals surface area contributed by atoms with Crippen molar-refractivity contribution in [1.29, 1.82) is 0 Å². The molecule has 4 aromatic rings. The molecule has 0 aliphatic heterocycles. The summed E-state index contributed by atoms with van der Waals surface area (Å²) in [7, 11) is -3.95. The molecule has 230 valence electrons. The van der Waals surface area contributed by atoms with Crippen LogP contribution in [-0.2, 0) is 8.85 Å². The highest BCUT2D eigenvalue weighted by Crippen LogP contribution is 2.52. The molecular weight excluding hydrogens is 589 g/mol. The largest absolute Gasteiger partial charge is 0.407 e. The van der Waals surface area contributed by atoms with Crippen molar-refractivity contribution in [1.82, 2.24) is 0 Å². The van der Waals surface area contributed by atoms with Gasteiger partial charge in [0, 0.05) is 11.8 Å². The van der Waals surface area contributed by atoms with Gasteiger partial charge in [-0.2, -0.15) is 0 Å². The minimum atomic E-state index is -1.98. The quantitative estimate of drug-likeness (QED) is 0.177. The maximum absolute atomic E-state index is 7.53. The topological polar surface area (TPSA) is 18.5 Å². The Balaban J connectivity index is 1.54. The Hall–Kier alpha value is -2.68. The van der Waals surface area contributed by atoms with Crippen molar-refractivity contribution in [3.63, 3.8) is 0 Å². The number of hydrogen-bond donors (Lipinski definition) is 0. The fourth-order valence-corrected chi connectivity index (χ4v) is 12.8. The van der Waals surface area contributed by atoms with Crippen molar-refractivity contribution in [3.05, 3.63) is 132 Å². The Bertz CT molecular complexity index is 1400. The number of hydrogen-bond acceptors (Lipinski definition) is 3. The molecule has 0 spiro atoms. The molecule has 5 heteroatoms. The molecule has 2 nitrogen and oxygen atoms in total. The molecule has 4 aromatic carbocycles. The summed E-state index contributed by atoms with van der Waals surface area (Å²) in [6.07, 6.45) is 4.80. The van der Waals surface area contributed by atoms with Crippen molar-refractivity contribution in [2.75, 3.05) is 6.26 Å². The fraction of sp³-hybridized carbons (Fsp3) is 0.333. The Labute approximate surface area is 273 Å².